The number of hydrogen-bond donors (Lipinski definition) is 2. The monoisotopic (exact) mass is 310 g/mol. The largest absolute Gasteiger partial charge is 0.433 e. The van der Waals surface area contributed by atoms with Gasteiger partial charge < -0.3 is 0 Å². The molecule has 0 aliphatic carbocycles. The zero-order chi connectivity index (χ0) is 16.2. The van der Waals surface area contributed by atoms with E-state index in [0.717, 1.165) is 6.07 Å². The van der Waals surface area contributed by atoms with Crippen molar-refractivity contribution in [3.63, 3.8) is 0 Å². The number of aromatic nitrogens is 2. The van der Waals surface area contributed by atoms with Gasteiger partial charge in [-0.15, -0.1) is 0 Å². The van der Waals surface area contributed by atoms with Gasteiger partial charge in [-0.25, -0.2) is 15.8 Å². The zero-order valence-electron chi connectivity index (χ0n) is 11.4. The van der Waals surface area contributed by atoms with Crippen LogP contribution in [0.1, 0.15) is 17.8 Å². The Morgan fingerprint density at radius 2 is 1.86 bits per heavy atom. The topological polar surface area (TPSA) is 80.9 Å². The summed E-state index contributed by atoms with van der Waals surface area (Å²) in [6.45, 7) is 0. The average Bonchev–Trinajstić information content (AvgIpc) is 2.52. The number of alkyl halides is 3. The molecular formula is C14H13F3N4O. The molecule has 2 aromatic rings. The number of rotatable bonds is 4. The van der Waals surface area contributed by atoms with Gasteiger partial charge in [0.15, 0.2) is 5.82 Å². The number of benzene rings is 1. The molecule has 1 aromatic carbocycles. The molecule has 0 aliphatic rings. The third-order valence-electron chi connectivity index (χ3n) is 2.87. The normalized spacial score (nSPS) is 11.3. The van der Waals surface area contributed by atoms with E-state index >= 15 is 0 Å². The summed E-state index contributed by atoms with van der Waals surface area (Å²) in [5.41, 5.74) is 1.48. The fourth-order valence-electron chi connectivity index (χ4n) is 1.80. The van der Waals surface area contributed by atoms with Gasteiger partial charge in [-0.1, -0.05) is 30.3 Å². The average molecular weight is 310 g/mol. The molecule has 5 nitrogen and oxygen atoms in total. The highest BCUT2D eigenvalue weighted by Crippen LogP contribution is 2.29. The number of halogens is 3. The first-order valence-electron chi connectivity index (χ1n) is 6.40. The lowest BCUT2D eigenvalue weighted by Crippen LogP contribution is -2.30. The van der Waals surface area contributed by atoms with Crippen LogP contribution in [0.3, 0.4) is 0 Å². The highest BCUT2D eigenvalue weighted by molar-refractivity contribution is 5.75. The number of amides is 1. The molecule has 0 spiro atoms. The third-order valence-corrected chi connectivity index (χ3v) is 2.87. The van der Waals surface area contributed by atoms with Crippen LogP contribution in [-0.2, 0) is 17.4 Å². The molecule has 0 bridgehead atoms. The Labute approximate surface area is 124 Å². The van der Waals surface area contributed by atoms with Crippen LogP contribution >= 0.6 is 0 Å². The van der Waals surface area contributed by atoms with Crippen LogP contribution in [0.5, 0.6) is 0 Å². The number of carbonyl (C=O) groups is 1. The second-order valence-corrected chi connectivity index (χ2v) is 4.50. The number of hydrazine groups is 1. The lowest BCUT2D eigenvalue weighted by Gasteiger charge is -2.10. The van der Waals surface area contributed by atoms with E-state index in [0.29, 0.717) is 5.56 Å². The Morgan fingerprint density at radius 3 is 2.45 bits per heavy atom. The highest BCUT2D eigenvalue weighted by atomic mass is 19.4. The van der Waals surface area contributed by atoms with E-state index in [2.05, 4.69) is 9.97 Å². The van der Waals surface area contributed by atoms with Crippen molar-refractivity contribution >= 4 is 5.91 Å². The summed E-state index contributed by atoms with van der Waals surface area (Å²) < 4.78 is 38.8. The van der Waals surface area contributed by atoms with Crippen LogP contribution in [0.2, 0.25) is 0 Å². The maximum absolute atomic E-state index is 12.9. The van der Waals surface area contributed by atoms with Crippen molar-refractivity contribution in [2.45, 2.75) is 19.0 Å². The molecule has 0 aliphatic heterocycles. The van der Waals surface area contributed by atoms with Gasteiger partial charge in [0.1, 0.15) is 5.69 Å². The van der Waals surface area contributed by atoms with Gasteiger partial charge in [-0.3, -0.25) is 10.2 Å². The van der Waals surface area contributed by atoms with Crippen LogP contribution < -0.4 is 11.3 Å². The van der Waals surface area contributed by atoms with E-state index in [1.165, 1.54) is 0 Å². The molecule has 2 rings (SSSR count). The van der Waals surface area contributed by atoms with Gasteiger partial charge in [0.25, 0.3) is 0 Å². The van der Waals surface area contributed by atoms with Crippen molar-refractivity contribution < 1.29 is 18.0 Å². The Kier molecular flexibility index (Phi) is 4.71. The molecule has 22 heavy (non-hydrogen) atoms. The summed E-state index contributed by atoms with van der Waals surface area (Å²) >= 11 is 0. The minimum absolute atomic E-state index is 0.0291. The van der Waals surface area contributed by atoms with Crippen LogP contribution in [0.15, 0.2) is 36.4 Å². The summed E-state index contributed by atoms with van der Waals surface area (Å²) in [5, 5.41) is 0. The first-order chi connectivity index (χ1) is 10.4. The van der Waals surface area contributed by atoms with Crippen LogP contribution in [0, 0.1) is 0 Å². The number of nitrogens with zero attached hydrogens (tertiary/aromatic N) is 2. The lowest BCUT2D eigenvalue weighted by atomic mass is 10.1. The highest BCUT2D eigenvalue weighted by Gasteiger charge is 2.33. The first-order valence-corrected chi connectivity index (χ1v) is 6.40. The van der Waals surface area contributed by atoms with Crippen LogP contribution in [-0.4, -0.2) is 15.9 Å². The van der Waals surface area contributed by atoms with Gasteiger partial charge in [0.05, 0.1) is 0 Å². The Hall–Kier alpha value is -2.48. The number of nitrogens with one attached hydrogen (secondary N) is 1. The second-order valence-electron chi connectivity index (χ2n) is 4.50. The summed E-state index contributed by atoms with van der Waals surface area (Å²) in [6, 6.07) is 9.18. The maximum atomic E-state index is 12.9. The van der Waals surface area contributed by atoms with E-state index in [1.807, 2.05) is 5.43 Å². The zero-order valence-corrected chi connectivity index (χ0v) is 11.4. The molecule has 0 atom stereocenters. The molecule has 0 unspecified atom stereocenters. The number of aryl methyl sites for hydroxylation is 1. The first kappa shape index (κ1) is 15.9. The summed E-state index contributed by atoms with van der Waals surface area (Å²) in [4.78, 5) is 18.8. The quantitative estimate of drug-likeness (QED) is 0.515. The summed E-state index contributed by atoms with van der Waals surface area (Å²) in [6.07, 6.45) is -4.61. The Bertz CT molecular complexity index is 659. The predicted octanol–water partition coefficient (Wildman–Crippen LogP) is 2.08. The van der Waals surface area contributed by atoms with Crippen molar-refractivity contribution in [2.24, 2.45) is 5.84 Å². The third kappa shape index (κ3) is 4.01. The molecular weight excluding hydrogens is 297 g/mol. The standard InChI is InChI=1S/C14H13F3N4O/c15-14(16,17)11-8-10(6-7-12(22)21-18)19-13(20-11)9-4-2-1-3-5-9/h1-5,8H,6-7,18H2,(H,21,22). The minimum Gasteiger partial charge on any atom is -0.294 e. The SMILES string of the molecule is NNC(=O)CCc1cc(C(F)(F)F)nc(-c2ccccc2)n1. The van der Waals surface area contributed by atoms with E-state index in [-0.39, 0.29) is 24.4 Å². The van der Waals surface area contributed by atoms with Crippen molar-refractivity contribution in [1.82, 2.24) is 15.4 Å². The molecule has 0 fully saturated rings. The molecule has 8 heteroatoms. The van der Waals surface area contributed by atoms with Gasteiger partial charge in [-0.05, 0) is 12.5 Å². The van der Waals surface area contributed by atoms with Crippen molar-refractivity contribution in [3.8, 4) is 11.4 Å². The fraction of sp³-hybridized carbons (Fsp3) is 0.214. The Morgan fingerprint density at radius 1 is 1.18 bits per heavy atom. The number of nitrogens with two attached hydrogens (primary N) is 1. The molecule has 0 radical (unpaired) electrons. The van der Waals surface area contributed by atoms with E-state index in [1.54, 1.807) is 30.3 Å². The van der Waals surface area contributed by atoms with E-state index in [4.69, 9.17) is 5.84 Å². The molecule has 1 amide bonds. The molecule has 1 heterocycles. The van der Waals surface area contributed by atoms with Crippen LogP contribution in [0.4, 0.5) is 13.2 Å². The summed E-state index contributed by atoms with van der Waals surface area (Å²) in [7, 11) is 0. The van der Waals surface area contributed by atoms with Crippen molar-refractivity contribution in [1.29, 1.82) is 0 Å². The molecule has 116 valence electrons. The van der Waals surface area contributed by atoms with Crippen molar-refractivity contribution in [3.05, 3.63) is 47.8 Å². The van der Waals surface area contributed by atoms with Gasteiger partial charge in [-0.2, -0.15) is 13.2 Å². The smallest absolute Gasteiger partial charge is 0.294 e. The predicted molar refractivity (Wildman–Crippen MR) is 73.1 cm³/mol. The minimum atomic E-state index is -4.59. The van der Waals surface area contributed by atoms with E-state index < -0.39 is 17.8 Å². The van der Waals surface area contributed by atoms with Gasteiger partial charge in [0, 0.05) is 17.7 Å². The molecule has 0 saturated heterocycles. The van der Waals surface area contributed by atoms with Gasteiger partial charge >= 0.3 is 6.18 Å². The number of hydrogen-bond acceptors (Lipinski definition) is 4. The maximum Gasteiger partial charge on any atom is 0.433 e. The number of carbonyl (C=O) groups excluding carboxylic acids is 1. The fourth-order valence-corrected chi connectivity index (χ4v) is 1.80. The van der Waals surface area contributed by atoms with E-state index in [9.17, 15) is 18.0 Å². The van der Waals surface area contributed by atoms with Gasteiger partial charge in [0.2, 0.25) is 5.91 Å². The molecule has 1 aromatic heterocycles. The molecule has 0 saturated carbocycles. The second kappa shape index (κ2) is 6.52. The van der Waals surface area contributed by atoms with Crippen molar-refractivity contribution in [2.75, 3.05) is 0 Å². The summed E-state index contributed by atoms with van der Waals surface area (Å²) in [5.74, 6) is 4.44. The Balaban J connectivity index is 2.39. The lowest BCUT2D eigenvalue weighted by molar-refractivity contribution is -0.141. The molecule has 3 N–H and O–H groups in total. The van der Waals surface area contributed by atoms with Crippen LogP contribution in [0.25, 0.3) is 11.4 Å².